The number of aromatic nitrogens is 2. The summed E-state index contributed by atoms with van der Waals surface area (Å²) in [5.41, 5.74) is 1.80. The molecule has 18 heavy (non-hydrogen) atoms. The van der Waals surface area contributed by atoms with E-state index in [2.05, 4.69) is 10.4 Å². The molecular weight excluding hydrogens is 273 g/mol. The van der Waals surface area contributed by atoms with Gasteiger partial charge in [0, 0.05) is 28.5 Å². The number of carbonyl (C=O) groups is 1. The van der Waals surface area contributed by atoms with Gasteiger partial charge in [0.1, 0.15) is 0 Å². The van der Waals surface area contributed by atoms with Crippen LogP contribution >= 0.6 is 23.2 Å². The molecule has 0 aliphatic heterocycles. The van der Waals surface area contributed by atoms with Gasteiger partial charge in [-0.15, -0.1) is 0 Å². The van der Waals surface area contributed by atoms with Crippen LogP contribution in [0.15, 0.2) is 24.3 Å². The summed E-state index contributed by atoms with van der Waals surface area (Å²) in [5.74, 6) is -0.294. The highest BCUT2D eigenvalue weighted by molar-refractivity contribution is 6.35. The third-order valence-electron chi connectivity index (χ3n) is 2.47. The standard InChI is InChI=1S/C12H11Cl2N3O/c1-7-3-11(16-17(7)2)12(18)15-10-5-8(13)4-9(14)6-10/h3-6H,1-2H3,(H,15,18). The maximum Gasteiger partial charge on any atom is 0.276 e. The molecule has 0 saturated carbocycles. The average Bonchev–Trinajstić information content (AvgIpc) is 2.57. The van der Waals surface area contributed by atoms with Crippen LogP contribution in [0.25, 0.3) is 0 Å². The summed E-state index contributed by atoms with van der Waals surface area (Å²) in [4.78, 5) is 11.9. The molecular formula is C12H11Cl2N3O. The lowest BCUT2D eigenvalue weighted by Crippen LogP contribution is -2.13. The van der Waals surface area contributed by atoms with Gasteiger partial charge in [-0.1, -0.05) is 23.2 Å². The number of carbonyl (C=O) groups excluding carboxylic acids is 1. The van der Waals surface area contributed by atoms with E-state index in [1.54, 1.807) is 36.0 Å². The lowest BCUT2D eigenvalue weighted by Gasteiger charge is -2.04. The lowest BCUT2D eigenvalue weighted by atomic mass is 10.3. The maximum absolute atomic E-state index is 11.9. The number of amides is 1. The minimum atomic E-state index is -0.294. The van der Waals surface area contributed by atoms with Crippen molar-refractivity contribution in [1.29, 1.82) is 0 Å². The van der Waals surface area contributed by atoms with Gasteiger partial charge in [0.15, 0.2) is 5.69 Å². The number of hydrogen-bond donors (Lipinski definition) is 1. The van der Waals surface area contributed by atoms with Gasteiger partial charge in [0.2, 0.25) is 0 Å². The Morgan fingerprint density at radius 3 is 2.33 bits per heavy atom. The maximum atomic E-state index is 11.9. The van der Waals surface area contributed by atoms with E-state index >= 15 is 0 Å². The van der Waals surface area contributed by atoms with Crippen LogP contribution in [0.5, 0.6) is 0 Å². The SMILES string of the molecule is Cc1cc(C(=O)Nc2cc(Cl)cc(Cl)c2)nn1C. The fraction of sp³-hybridized carbons (Fsp3) is 0.167. The van der Waals surface area contributed by atoms with E-state index in [-0.39, 0.29) is 5.91 Å². The van der Waals surface area contributed by atoms with Crippen molar-refractivity contribution >= 4 is 34.8 Å². The van der Waals surface area contributed by atoms with Gasteiger partial charge < -0.3 is 5.32 Å². The number of rotatable bonds is 2. The molecule has 2 rings (SSSR count). The fourth-order valence-electron chi connectivity index (χ4n) is 1.49. The smallest absolute Gasteiger partial charge is 0.276 e. The largest absolute Gasteiger partial charge is 0.320 e. The fourth-order valence-corrected chi connectivity index (χ4v) is 2.02. The van der Waals surface area contributed by atoms with Crippen LogP contribution in [0.2, 0.25) is 10.0 Å². The predicted molar refractivity (Wildman–Crippen MR) is 72.4 cm³/mol. The first kappa shape index (κ1) is 12.9. The second-order valence-corrected chi connectivity index (χ2v) is 4.78. The molecule has 1 amide bonds. The molecule has 0 bridgehead atoms. The van der Waals surface area contributed by atoms with E-state index < -0.39 is 0 Å². The van der Waals surface area contributed by atoms with Crippen molar-refractivity contribution in [3.63, 3.8) is 0 Å². The summed E-state index contributed by atoms with van der Waals surface area (Å²) in [6, 6.07) is 6.56. The molecule has 0 radical (unpaired) electrons. The molecule has 0 aliphatic carbocycles. The molecule has 1 aromatic carbocycles. The summed E-state index contributed by atoms with van der Waals surface area (Å²) in [7, 11) is 1.78. The Balaban J connectivity index is 2.21. The molecule has 0 spiro atoms. The number of nitrogens with one attached hydrogen (secondary N) is 1. The molecule has 6 heteroatoms. The van der Waals surface area contributed by atoms with Gasteiger partial charge in [-0.3, -0.25) is 9.48 Å². The molecule has 0 fully saturated rings. The summed E-state index contributed by atoms with van der Waals surface area (Å²) in [6.45, 7) is 1.88. The summed E-state index contributed by atoms with van der Waals surface area (Å²) >= 11 is 11.7. The van der Waals surface area contributed by atoms with Gasteiger partial charge in [-0.25, -0.2) is 0 Å². The lowest BCUT2D eigenvalue weighted by molar-refractivity contribution is 0.102. The van der Waals surface area contributed by atoms with Crippen LogP contribution in [0.3, 0.4) is 0 Å². The van der Waals surface area contributed by atoms with Crippen molar-refractivity contribution in [2.45, 2.75) is 6.92 Å². The normalized spacial score (nSPS) is 10.4. The molecule has 0 aliphatic rings. The van der Waals surface area contributed by atoms with Crippen LogP contribution in [-0.2, 0) is 7.05 Å². The zero-order valence-electron chi connectivity index (χ0n) is 9.87. The number of hydrogen-bond acceptors (Lipinski definition) is 2. The van der Waals surface area contributed by atoms with Crippen molar-refractivity contribution in [3.05, 3.63) is 45.7 Å². The first-order chi connectivity index (χ1) is 8.45. The Kier molecular flexibility index (Phi) is 3.59. The van der Waals surface area contributed by atoms with Crippen LogP contribution < -0.4 is 5.32 Å². The minimum absolute atomic E-state index is 0.294. The molecule has 1 heterocycles. The van der Waals surface area contributed by atoms with Crippen LogP contribution in [0.4, 0.5) is 5.69 Å². The predicted octanol–water partition coefficient (Wildman–Crippen LogP) is 3.29. The van der Waals surface area contributed by atoms with Gasteiger partial charge in [-0.2, -0.15) is 5.10 Å². The monoisotopic (exact) mass is 283 g/mol. The van der Waals surface area contributed by atoms with Gasteiger partial charge in [0.25, 0.3) is 5.91 Å². The van der Waals surface area contributed by atoms with Gasteiger partial charge in [0.05, 0.1) is 0 Å². The molecule has 1 N–H and O–H groups in total. The highest BCUT2D eigenvalue weighted by Gasteiger charge is 2.11. The van der Waals surface area contributed by atoms with Crippen LogP contribution in [0, 0.1) is 6.92 Å². The van der Waals surface area contributed by atoms with E-state index in [0.717, 1.165) is 5.69 Å². The highest BCUT2D eigenvalue weighted by Crippen LogP contribution is 2.22. The van der Waals surface area contributed by atoms with Crippen molar-refractivity contribution < 1.29 is 4.79 Å². The van der Waals surface area contributed by atoms with E-state index in [0.29, 0.717) is 21.4 Å². The van der Waals surface area contributed by atoms with Gasteiger partial charge >= 0.3 is 0 Å². The number of anilines is 1. The first-order valence-electron chi connectivity index (χ1n) is 5.24. The van der Waals surface area contributed by atoms with Crippen molar-refractivity contribution in [3.8, 4) is 0 Å². The third-order valence-corrected chi connectivity index (χ3v) is 2.90. The summed E-state index contributed by atoms with van der Waals surface area (Å²) < 4.78 is 1.64. The Morgan fingerprint density at radius 1 is 1.22 bits per heavy atom. The summed E-state index contributed by atoms with van der Waals surface area (Å²) in [6.07, 6.45) is 0. The highest BCUT2D eigenvalue weighted by atomic mass is 35.5. The molecule has 0 saturated heterocycles. The number of nitrogens with zero attached hydrogens (tertiary/aromatic N) is 2. The van der Waals surface area contributed by atoms with Crippen LogP contribution in [-0.4, -0.2) is 15.7 Å². The summed E-state index contributed by atoms with van der Waals surface area (Å²) in [5, 5.41) is 7.72. The molecule has 4 nitrogen and oxygen atoms in total. The number of benzene rings is 1. The van der Waals surface area contributed by atoms with Crippen molar-refractivity contribution in [1.82, 2.24) is 9.78 Å². The second kappa shape index (κ2) is 5.00. The second-order valence-electron chi connectivity index (χ2n) is 3.91. The van der Waals surface area contributed by atoms with Crippen molar-refractivity contribution in [2.24, 2.45) is 7.05 Å². The third kappa shape index (κ3) is 2.83. The Labute approximate surface area is 115 Å². The zero-order chi connectivity index (χ0) is 13.3. The topological polar surface area (TPSA) is 46.9 Å². The minimum Gasteiger partial charge on any atom is -0.320 e. The average molecular weight is 284 g/mol. The van der Waals surface area contributed by atoms with Gasteiger partial charge in [-0.05, 0) is 31.2 Å². The van der Waals surface area contributed by atoms with Crippen molar-refractivity contribution in [2.75, 3.05) is 5.32 Å². The zero-order valence-corrected chi connectivity index (χ0v) is 11.4. The number of aryl methyl sites for hydroxylation is 2. The molecule has 0 unspecified atom stereocenters. The van der Waals surface area contributed by atoms with E-state index in [9.17, 15) is 4.79 Å². The van der Waals surface area contributed by atoms with E-state index in [4.69, 9.17) is 23.2 Å². The Hall–Kier alpha value is -1.52. The molecule has 94 valence electrons. The van der Waals surface area contributed by atoms with E-state index in [1.165, 1.54) is 0 Å². The quantitative estimate of drug-likeness (QED) is 0.919. The molecule has 1 aromatic heterocycles. The molecule has 0 atom stereocenters. The Bertz CT molecular complexity index is 568. The number of halogens is 2. The van der Waals surface area contributed by atoms with E-state index in [1.807, 2.05) is 6.92 Å². The Morgan fingerprint density at radius 2 is 1.83 bits per heavy atom. The molecule has 2 aromatic rings. The first-order valence-corrected chi connectivity index (χ1v) is 5.99. The van der Waals surface area contributed by atoms with Crippen LogP contribution in [0.1, 0.15) is 16.2 Å².